The van der Waals surface area contributed by atoms with Crippen LogP contribution >= 0.6 is 0 Å². The SMILES string of the molecule is CCCCCC(C=O)C(C)C#N. The number of unbranched alkanes of at least 4 members (excludes halogenated alkanes) is 2. The fraction of sp³-hybridized carbons (Fsp3) is 0.800. The zero-order valence-electron chi connectivity index (χ0n) is 7.92. The lowest BCUT2D eigenvalue weighted by Crippen LogP contribution is -2.11. The van der Waals surface area contributed by atoms with Crippen molar-refractivity contribution in [1.82, 2.24) is 0 Å². The summed E-state index contributed by atoms with van der Waals surface area (Å²) in [5, 5.41) is 8.58. The summed E-state index contributed by atoms with van der Waals surface area (Å²) in [6.07, 6.45) is 5.16. The summed E-state index contributed by atoms with van der Waals surface area (Å²) < 4.78 is 0. The van der Waals surface area contributed by atoms with Crippen molar-refractivity contribution in [1.29, 1.82) is 5.26 Å². The Balaban J connectivity index is 3.69. The minimum atomic E-state index is -0.126. The highest BCUT2D eigenvalue weighted by atomic mass is 16.1. The van der Waals surface area contributed by atoms with E-state index in [1.807, 2.05) is 6.92 Å². The largest absolute Gasteiger partial charge is 0.303 e. The Hall–Kier alpha value is -0.840. The van der Waals surface area contributed by atoms with Crippen LogP contribution in [-0.2, 0) is 4.79 Å². The van der Waals surface area contributed by atoms with Crippen LogP contribution in [0.4, 0.5) is 0 Å². The van der Waals surface area contributed by atoms with E-state index < -0.39 is 0 Å². The first-order valence-electron chi connectivity index (χ1n) is 4.61. The number of carbonyl (C=O) groups excluding carboxylic acids is 1. The maximum atomic E-state index is 10.5. The van der Waals surface area contributed by atoms with E-state index in [0.717, 1.165) is 32.0 Å². The van der Waals surface area contributed by atoms with Crippen molar-refractivity contribution in [2.45, 2.75) is 39.5 Å². The van der Waals surface area contributed by atoms with E-state index in [9.17, 15) is 4.79 Å². The Bertz CT molecular complexity index is 160. The van der Waals surface area contributed by atoms with E-state index in [4.69, 9.17) is 5.26 Å². The first-order chi connectivity index (χ1) is 5.76. The number of carbonyl (C=O) groups is 1. The molecule has 2 nitrogen and oxygen atoms in total. The van der Waals surface area contributed by atoms with Crippen molar-refractivity contribution in [3.05, 3.63) is 0 Å². The molecule has 0 saturated carbocycles. The summed E-state index contributed by atoms with van der Waals surface area (Å²) >= 11 is 0. The number of nitrogens with zero attached hydrogens (tertiary/aromatic N) is 1. The summed E-state index contributed by atoms with van der Waals surface area (Å²) in [6.45, 7) is 3.94. The summed E-state index contributed by atoms with van der Waals surface area (Å²) in [5.74, 6) is -0.180. The molecule has 0 radical (unpaired) electrons. The van der Waals surface area contributed by atoms with Gasteiger partial charge in [0.2, 0.25) is 0 Å². The molecule has 0 heterocycles. The van der Waals surface area contributed by atoms with Crippen molar-refractivity contribution < 1.29 is 4.79 Å². The van der Waals surface area contributed by atoms with Gasteiger partial charge in [0.05, 0.1) is 12.0 Å². The van der Waals surface area contributed by atoms with Crippen LogP contribution in [-0.4, -0.2) is 6.29 Å². The van der Waals surface area contributed by atoms with Crippen LogP contribution in [0.15, 0.2) is 0 Å². The number of aldehydes is 1. The van der Waals surface area contributed by atoms with Gasteiger partial charge in [0.15, 0.2) is 0 Å². The predicted octanol–water partition coefficient (Wildman–Crippen LogP) is 2.54. The summed E-state index contributed by atoms with van der Waals surface area (Å²) in [6, 6.07) is 2.11. The Morgan fingerprint density at radius 2 is 2.17 bits per heavy atom. The van der Waals surface area contributed by atoms with Gasteiger partial charge in [-0.15, -0.1) is 0 Å². The molecule has 2 atom stereocenters. The van der Waals surface area contributed by atoms with E-state index in [1.165, 1.54) is 0 Å². The highest BCUT2D eigenvalue weighted by molar-refractivity contribution is 5.54. The van der Waals surface area contributed by atoms with E-state index in [0.29, 0.717) is 0 Å². The quantitative estimate of drug-likeness (QED) is 0.450. The van der Waals surface area contributed by atoms with E-state index in [1.54, 1.807) is 0 Å². The lowest BCUT2D eigenvalue weighted by molar-refractivity contribution is -0.112. The zero-order valence-corrected chi connectivity index (χ0v) is 7.92. The zero-order chi connectivity index (χ0) is 9.40. The molecule has 0 bridgehead atoms. The third-order valence-corrected chi connectivity index (χ3v) is 2.16. The molecule has 0 aromatic heterocycles. The smallest absolute Gasteiger partial charge is 0.124 e. The molecule has 12 heavy (non-hydrogen) atoms. The Morgan fingerprint density at radius 3 is 2.58 bits per heavy atom. The predicted molar refractivity (Wildman–Crippen MR) is 48.5 cm³/mol. The van der Waals surface area contributed by atoms with Crippen molar-refractivity contribution in [3.8, 4) is 6.07 Å². The molecular weight excluding hydrogens is 150 g/mol. The number of nitriles is 1. The van der Waals surface area contributed by atoms with Gasteiger partial charge in [-0.3, -0.25) is 0 Å². The average Bonchev–Trinajstić information content (AvgIpc) is 2.11. The van der Waals surface area contributed by atoms with Crippen molar-refractivity contribution in [3.63, 3.8) is 0 Å². The molecule has 2 heteroatoms. The van der Waals surface area contributed by atoms with E-state index >= 15 is 0 Å². The molecule has 0 aliphatic carbocycles. The van der Waals surface area contributed by atoms with E-state index in [2.05, 4.69) is 13.0 Å². The van der Waals surface area contributed by atoms with Crippen LogP contribution < -0.4 is 0 Å². The second-order valence-corrected chi connectivity index (χ2v) is 3.21. The van der Waals surface area contributed by atoms with Crippen LogP contribution in [0.3, 0.4) is 0 Å². The Kier molecular flexibility index (Phi) is 6.37. The Labute approximate surface area is 74.6 Å². The van der Waals surface area contributed by atoms with Crippen molar-refractivity contribution in [2.75, 3.05) is 0 Å². The summed E-state index contributed by atoms with van der Waals surface area (Å²) in [4.78, 5) is 10.5. The highest BCUT2D eigenvalue weighted by Crippen LogP contribution is 2.16. The Morgan fingerprint density at radius 1 is 1.50 bits per heavy atom. The minimum Gasteiger partial charge on any atom is -0.303 e. The first kappa shape index (κ1) is 11.2. The standard InChI is InChI=1S/C10H17NO/c1-3-4-5-6-10(8-12)9(2)7-11/h8-10H,3-6H2,1-2H3. The normalized spacial score (nSPS) is 14.8. The molecule has 0 spiro atoms. The molecule has 0 fully saturated rings. The maximum absolute atomic E-state index is 10.5. The molecule has 68 valence electrons. The molecule has 2 unspecified atom stereocenters. The van der Waals surface area contributed by atoms with Gasteiger partial charge in [0.25, 0.3) is 0 Å². The highest BCUT2D eigenvalue weighted by Gasteiger charge is 2.14. The molecule has 0 N–H and O–H groups in total. The van der Waals surface area contributed by atoms with Crippen molar-refractivity contribution >= 4 is 6.29 Å². The summed E-state index contributed by atoms with van der Waals surface area (Å²) in [5.41, 5.74) is 0. The van der Waals surface area contributed by atoms with Gasteiger partial charge in [-0.1, -0.05) is 26.2 Å². The fourth-order valence-electron chi connectivity index (χ4n) is 1.16. The van der Waals surface area contributed by atoms with Crippen LogP contribution in [0.5, 0.6) is 0 Å². The molecular formula is C10H17NO. The second-order valence-electron chi connectivity index (χ2n) is 3.21. The van der Waals surface area contributed by atoms with Gasteiger partial charge >= 0.3 is 0 Å². The molecule has 0 aliphatic rings. The lowest BCUT2D eigenvalue weighted by atomic mass is 9.91. The maximum Gasteiger partial charge on any atom is 0.124 e. The topological polar surface area (TPSA) is 40.9 Å². The lowest BCUT2D eigenvalue weighted by Gasteiger charge is -2.10. The first-order valence-corrected chi connectivity index (χ1v) is 4.61. The van der Waals surface area contributed by atoms with Crippen LogP contribution in [0.2, 0.25) is 0 Å². The van der Waals surface area contributed by atoms with Crippen LogP contribution in [0.1, 0.15) is 39.5 Å². The van der Waals surface area contributed by atoms with Crippen molar-refractivity contribution in [2.24, 2.45) is 11.8 Å². The van der Waals surface area contributed by atoms with Gasteiger partial charge in [0, 0.05) is 5.92 Å². The number of rotatable bonds is 6. The van der Waals surface area contributed by atoms with Gasteiger partial charge in [0.1, 0.15) is 6.29 Å². The molecule has 0 rings (SSSR count). The molecule has 0 saturated heterocycles. The molecule has 0 amide bonds. The van der Waals surface area contributed by atoms with E-state index in [-0.39, 0.29) is 11.8 Å². The fourth-order valence-corrected chi connectivity index (χ4v) is 1.16. The molecule has 0 aromatic carbocycles. The third-order valence-electron chi connectivity index (χ3n) is 2.16. The molecule has 0 aliphatic heterocycles. The monoisotopic (exact) mass is 167 g/mol. The molecule has 0 aromatic rings. The number of hydrogen-bond acceptors (Lipinski definition) is 2. The number of hydrogen-bond donors (Lipinski definition) is 0. The third kappa shape index (κ3) is 4.12. The van der Waals surface area contributed by atoms with Gasteiger partial charge in [-0.2, -0.15) is 5.26 Å². The van der Waals surface area contributed by atoms with Crippen LogP contribution in [0.25, 0.3) is 0 Å². The van der Waals surface area contributed by atoms with Gasteiger partial charge in [-0.05, 0) is 13.3 Å². The average molecular weight is 167 g/mol. The summed E-state index contributed by atoms with van der Waals surface area (Å²) in [7, 11) is 0. The minimum absolute atomic E-state index is 0.0541. The van der Waals surface area contributed by atoms with Crippen LogP contribution in [0, 0.1) is 23.2 Å². The second kappa shape index (κ2) is 6.84. The van der Waals surface area contributed by atoms with Gasteiger partial charge < -0.3 is 4.79 Å². The van der Waals surface area contributed by atoms with Gasteiger partial charge in [-0.25, -0.2) is 0 Å².